The minimum atomic E-state index is -0.511. The van der Waals surface area contributed by atoms with Crippen LogP contribution in [0.5, 0.6) is 5.75 Å². The van der Waals surface area contributed by atoms with Crippen LogP contribution in [0.3, 0.4) is 0 Å². The molecule has 1 amide bonds. The van der Waals surface area contributed by atoms with Crippen molar-refractivity contribution >= 4 is 81.2 Å². The average molecular weight is 655 g/mol. The zero-order valence-corrected chi connectivity index (χ0v) is 24.7. The van der Waals surface area contributed by atoms with Crippen molar-refractivity contribution in [2.75, 3.05) is 11.9 Å². The first-order valence-electron chi connectivity index (χ1n) is 11.8. The second-order valence-electron chi connectivity index (χ2n) is 8.33. The van der Waals surface area contributed by atoms with Crippen LogP contribution in [-0.4, -0.2) is 33.1 Å². The maximum absolute atomic E-state index is 12.9. The number of carbonyl (C=O) groups is 2. The second-order valence-corrected chi connectivity index (χ2v) is 10.2. The molecule has 0 unspecified atom stereocenters. The summed E-state index contributed by atoms with van der Waals surface area (Å²) in [6.45, 7) is 1.84. The van der Waals surface area contributed by atoms with E-state index >= 15 is 0 Å². The molecule has 0 aliphatic heterocycles. The maximum atomic E-state index is 12.9. The number of esters is 1. The zero-order chi connectivity index (χ0) is 29.3. The lowest BCUT2D eigenvalue weighted by molar-refractivity contribution is 0.0528. The van der Waals surface area contributed by atoms with Crippen molar-refractivity contribution in [1.82, 2.24) is 14.6 Å². The molecule has 0 bridgehead atoms. The minimum Gasteiger partial charge on any atom is -0.482 e. The number of hydrogen-bond donors (Lipinski definition) is 1. The fourth-order valence-corrected chi connectivity index (χ4v) is 5.07. The number of ether oxygens (including phenoxy) is 2. The van der Waals surface area contributed by atoms with Crippen molar-refractivity contribution in [2.24, 2.45) is 0 Å². The summed E-state index contributed by atoms with van der Waals surface area (Å²) in [5, 5.41) is 7.10. The van der Waals surface area contributed by atoms with E-state index in [2.05, 4.69) is 15.4 Å². The van der Waals surface area contributed by atoms with Crippen molar-refractivity contribution in [1.29, 1.82) is 0 Å². The highest BCUT2D eigenvalue weighted by Crippen LogP contribution is 2.48. The first-order chi connectivity index (χ1) is 19.7. The van der Waals surface area contributed by atoms with Crippen LogP contribution < -0.4 is 10.1 Å². The molecule has 3 aromatic heterocycles. The number of anilines is 1. The standard InChI is InChI=1S/C27H17Cl5N4O5/c1-2-39-27(38)16-11-34-36-17(8-9-33-25(16)36)13-4-3-5-14(10-13)35-26(37)18-7-6-15(41-18)12-40-24-22(31)20(29)19(28)21(30)23(24)32/h3-11H,2,12H2,1H3,(H,35,37). The molecule has 0 saturated carbocycles. The molecular weight excluding hydrogens is 638 g/mol. The molecule has 9 nitrogen and oxygen atoms in total. The predicted molar refractivity (Wildman–Crippen MR) is 157 cm³/mol. The summed E-state index contributed by atoms with van der Waals surface area (Å²) in [6.07, 6.45) is 2.98. The van der Waals surface area contributed by atoms with Gasteiger partial charge in [0.1, 0.15) is 28.0 Å². The highest BCUT2D eigenvalue weighted by Gasteiger charge is 2.22. The fraction of sp³-hybridized carbons (Fsp3) is 0.111. The van der Waals surface area contributed by atoms with Crippen LogP contribution in [0.25, 0.3) is 16.9 Å². The fourth-order valence-electron chi connectivity index (χ4n) is 3.84. The van der Waals surface area contributed by atoms with Gasteiger partial charge in [-0.3, -0.25) is 4.79 Å². The number of rotatable bonds is 8. The van der Waals surface area contributed by atoms with Gasteiger partial charge in [0.25, 0.3) is 5.91 Å². The molecule has 5 rings (SSSR count). The van der Waals surface area contributed by atoms with Gasteiger partial charge in [-0.15, -0.1) is 0 Å². The van der Waals surface area contributed by atoms with E-state index in [0.717, 1.165) is 5.56 Å². The first kappa shape index (κ1) is 29.0. The normalized spacial score (nSPS) is 11.1. The smallest absolute Gasteiger partial charge is 0.343 e. The van der Waals surface area contributed by atoms with Crippen LogP contribution in [0.2, 0.25) is 25.1 Å². The van der Waals surface area contributed by atoms with E-state index in [1.54, 1.807) is 43.5 Å². The van der Waals surface area contributed by atoms with Crippen LogP contribution in [0, 0.1) is 0 Å². The Morgan fingerprint density at radius 3 is 2.44 bits per heavy atom. The molecule has 0 atom stereocenters. The number of nitrogens with one attached hydrogen (secondary N) is 1. The number of halogens is 5. The van der Waals surface area contributed by atoms with Gasteiger partial charge in [0.05, 0.1) is 33.6 Å². The monoisotopic (exact) mass is 652 g/mol. The van der Waals surface area contributed by atoms with Crippen LogP contribution in [0.1, 0.15) is 33.6 Å². The van der Waals surface area contributed by atoms with E-state index in [-0.39, 0.29) is 55.4 Å². The molecule has 14 heteroatoms. The Morgan fingerprint density at radius 2 is 1.71 bits per heavy atom. The van der Waals surface area contributed by atoms with Crippen LogP contribution in [0.4, 0.5) is 5.69 Å². The summed E-state index contributed by atoms with van der Waals surface area (Å²) in [4.78, 5) is 29.4. The van der Waals surface area contributed by atoms with E-state index in [1.807, 2.05) is 6.07 Å². The van der Waals surface area contributed by atoms with Gasteiger partial charge in [0, 0.05) is 17.4 Å². The molecule has 2 aromatic carbocycles. The largest absolute Gasteiger partial charge is 0.482 e. The molecule has 1 N–H and O–H groups in total. The molecule has 0 fully saturated rings. The van der Waals surface area contributed by atoms with Gasteiger partial charge < -0.3 is 19.2 Å². The van der Waals surface area contributed by atoms with Crippen molar-refractivity contribution < 1.29 is 23.5 Å². The number of fused-ring (bicyclic) bond motifs is 1. The molecule has 41 heavy (non-hydrogen) atoms. The van der Waals surface area contributed by atoms with E-state index in [0.29, 0.717) is 22.8 Å². The molecule has 0 spiro atoms. The van der Waals surface area contributed by atoms with Crippen LogP contribution >= 0.6 is 58.0 Å². The number of hydrogen-bond acceptors (Lipinski definition) is 7. The second kappa shape index (κ2) is 12.2. The van der Waals surface area contributed by atoms with Gasteiger partial charge in [-0.2, -0.15) is 5.10 Å². The van der Waals surface area contributed by atoms with Crippen LogP contribution in [0.15, 0.2) is 59.3 Å². The highest BCUT2D eigenvalue weighted by molar-refractivity contribution is 6.55. The third-order valence-corrected chi connectivity index (χ3v) is 7.97. The number of aromatic nitrogens is 3. The van der Waals surface area contributed by atoms with Gasteiger partial charge in [0.15, 0.2) is 17.2 Å². The third-order valence-electron chi connectivity index (χ3n) is 5.73. The minimum absolute atomic E-state index is 0.000954. The predicted octanol–water partition coefficient (Wildman–Crippen LogP) is 8.26. The lowest BCUT2D eigenvalue weighted by Crippen LogP contribution is -2.11. The molecule has 5 aromatic rings. The number of amides is 1. The molecule has 3 heterocycles. The van der Waals surface area contributed by atoms with Gasteiger partial charge in [0.2, 0.25) is 0 Å². The number of carbonyl (C=O) groups excluding carboxylic acids is 2. The van der Waals surface area contributed by atoms with Crippen molar-refractivity contribution in [3.05, 3.63) is 97.1 Å². The van der Waals surface area contributed by atoms with Crippen LogP contribution in [-0.2, 0) is 11.3 Å². The SMILES string of the molecule is CCOC(=O)c1cnn2c(-c3cccc(NC(=O)c4ccc(COc5c(Cl)c(Cl)c(Cl)c(Cl)c5Cl)o4)c3)ccnc12. The van der Waals surface area contributed by atoms with Gasteiger partial charge in [-0.1, -0.05) is 70.1 Å². The molecular formula is C27H17Cl5N4O5. The Labute approximate surface area is 257 Å². The van der Waals surface area contributed by atoms with E-state index in [9.17, 15) is 9.59 Å². The maximum Gasteiger partial charge on any atom is 0.343 e. The first-order valence-corrected chi connectivity index (χ1v) is 13.7. The molecule has 0 radical (unpaired) electrons. The Morgan fingerprint density at radius 1 is 0.976 bits per heavy atom. The van der Waals surface area contributed by atoms with E-state index in [1.165, 1.54) is 16.8 Å². The highest BCUT2D eigenvalue weighted by atomic mass is 35.5. The Hall–Kier alpha value is -3.47. The summed E-state index contributed by atoms with van der Waals surface area (Å²) in [6, 6.07) is 11.9. The quantitative estimate of drug-likeness (QED) is 0.102. The Bertz CT molecular complexity index is 1770. The third kappa shape index (κ3) is 5.82. The van der Waals surface area contributed by atoms with Crippen molar-refractivity contribution in [3.63, 3.8) is 0 Å². The molecule has 210 valence electrons. The Balaban J connectivity index is 1.31. The van der Waals surface area contributed by atoms with E-state index < -0.39 is 11.9 Å². The summed E-state index contributed by atoms with van der Waals surface area (Å²) in [7, 11) is 0. The summed E-state index contributed by atoms with van der Waals surface area (Å²) in [5.74, 6) is -0.623. The van der Waals surface area contributed by atoms with Crippen molar-refractivity contribution in [2.45, 2.75) is 13.5 Å². The van der Waals surface area contributed by atoms with Crippen molar-refractivity contribution in [3.8, 4) is 17.0 Å². The molecule has 0 aliphatic carbocycles. The lowest BCUT2D eigenvalue weighted by atomic mass is 10.1. The van der Waals surface area contributed by atoms with Gasteiger partial charge >= 0.3 is 5.97 Å². The number of benzene rings is 2. The lowest BCUT2D eigenvalue weighted by Gasteiger charge is -2.12. The average Bonchev–Trinajstić information content (AvgIpc) is 3.63. The number of nitrogens with zero attached hydrogens (tertiary/aromatic N) is 3. The van der Waals surface area contributed by atoms with E-state index in [4.69, 9.17) is 71.9 Å². The van der Waals surface area contributed by atoms with Gasteiger partial charge in [-0.25, -0.2) is 14.3 Å². The summed E-state index contributed by atoms with van der Waals surface area (Å²) in [5.41, 5.74) is 2.47. The molecule has 0 aliphatic rings. The molecule has 0 saturated heterocycles. The summed E-state index contributed by atoms with van der Waals surface area (Å²) < 4.78 is 17.9. The van der Waals surface area contributed by atoms with Gasteiger partial charge in [-0.05, 0) is 37.3 Å². The zero-order valence-electron chi connectivity index (χ0n) is 20.9. The Kier molecular flexibility index (Phi) is 8.63. The number of furan rings is 1. The summed E-state index contributed by atoms with van der Waals surface area (Å²) >= 11 is 30.5. The topological polar surface area (TPSA) is 108 Å².